The number of carbonyl (C=O) groups is 1. The van der Waals surface area contributed by atoms with Crippen LogP contribution in [0.25, 0.3) is 0 Å². The number of hydrogen-bond acceptors (Lipinski definition) is 13. The van der Waals surface area contributed by atoms with E-state index in [-0.39, 0.29) is 12.5 Å². The van der Waals surface area contributed by atoms with E-state index in [1.54, 1.807) is 0 Å². The monoisotopic (exact) mass is 1480 g/mol. The number of carbonyl (C=O) groups excluding carboxylic acids is 1. The molecular weight excluding hydrogens is 1310 g/mol. The Kier molecular flexibility index (Phi) is 69.2. The lowest BCUT2D eigenvalue weighted by molar-refractivity contribution is -0.359. The van der Waals surface area contributed by atoms with Gasteiger partial charge in [0, 0.05) is 6.42 Å². The Hall–Kier alpha value is -2.83. The number of nitrogens with one attached hydrogen (secondary N) is 1. The molecule has 612 valence electrons. The topological polar surface area (TPSA) is 228 Å². The molecular formula is C91H165NO13. The third-order valence-corrected chi connectivity index (χ3v) is 21.4. The van der Waals surface area contributed by atoms with E-state index in [9.17, 15) is 45.6 Å². The molecule has 2 aliphatic rings. The molecule has 0 spiro atoms. The summed E-state index contributed by atoms with van der Waals surface area (Å²) in [4.78, 5) is 13.4. The molecule has 0 aromatic heterocycles. The SMILES string of the molecule is CC/C=C\C/C=C\C/C=C\C/C=C\C/C=C\C/C=C\C/C=C\CCCCCCCCCCCCCCCCCCCC(=O)NC(COC1OC(CO)C(OC2OC(CO)C(O)C(O)C2O)C(O)C1O)C(O)CCCCCCCCCCCCCCCCCCCCCCCCCCCCCCCCCC. The highest BCUT2D eigenvalue weighted by atomic mass is 16.7. The minimum Gasteiger partial charge on any atom is -0.394 e. The van der Waals surface area contributed by atoms with E-state index >= 15 is 0 Å². The number of hydrogen-bond donors (Lipinski definition) is 9. The minimum atomic E-state index is -1.79. The van der Waals surface area contributed by atoms with Crippen molar-refractivity contribution in [1.82, 2.24) is 5.32 Å². The zero-order chi connectivity index (χ0) is 75.8. The van der Waals surface area contributed by atoms with E-state index in [0.29, 0.717) is 12.8 Å². The molecule has 14 heteroatoms. The maximum absolute atomic E-state index is 13.4. The van der Waals surface area contributed by atoms with Gasteiger partial charge < -0.3 is 65.1 Å². The molecule has 14 nitrogen and oxygen atoms in total. The fourth-order valence-corrected chi connectivity index (χ4v) is 14.5. The highest BCUT2D eigenvalue weighted by Gasteiger charge is 2.51. The van der Waals surface area contributed by atoms with Gasteiger partial charge in [0.05, 0.1) is 32.0 Å². The summed E-state index contributed by atoms with van der Waals surface area (Å²) in [6.45, 7) is 2.81. The summed E-state index contributed by atoms with van der Waals surface area (Å²) in [6, 6.07) is -0.834. The molecule has 2 aliphatic heterocycles. The van der Waals surface area contributed by atoms with Crippen molar-refractivity contribution in [3.63, 3.8) is 0 Å². The van der Waals surface area contributed by atoms with Crippen LogP contribution >= 0.6 is 0 Å². The van der Waals surface area contributed by atoms with Crippen molar-refractivity contribution < 1.29 is 64.6 Å². The molecule has 0 aromatic rings. The average Bonchev–Trinajstić information content (AvgIpc) is 0.789. The van der Waals surface area contributed by atoms with Crippen LogP contribution in [0.1, 0.15) is 393 Å². The van der Waals surface area contributed by atoms with Gasteiger partial charge >= 0.3 is 0 Å². The van der Waals surface area contributed by atoms with Crippen LogP contribution in [-0.4, -0.2) is 140 Å². The van der Waals surface area contributed by atoms with E-state index in [4.69, 9.17) is 18.9 Å². The number of aliphatic hydroxyl groups excluding tert-OH is 8. The molecule has 0 aliphatic carbocycles. The molecule has 0 aromatic carbocycles. The molecule has 12 atom stereocenters. The second kappa shape index (κ2) is 73.9. The summed E-state index contributed by atoms with van der Waals surface area (Å²) in [5.41, 5.74) is 0. The summed E-state index contributed by atoms with van der Waals surface area (Å²) >= 11 is 0. The van der Waals surface area contributed by atoms with Gasteiger partial charge in [0.2, 0.25) is 5.91 Å². The van der Waals surface area contributed by atoms with Gasteiger partial charge in [-0.3, -0.25) is 4.79 Å². The van der Waals surface area contributed by atoms with Crippen LogP contribution in [0.15, 0.2) is 85.1 Å². The van der Waals surface area contributed by atoms with Gasteiger partial charge in [-0.2, -0.15) is 0 Å². The van der Waals surface area contributed by atoms with Crippen molar-refractivity contribution >= 4 is 5.91 Å². The predicted octanol–water partition coefficient (Wildman–Crippen LogP) is 21.4. The molecule has 0 radical (unpaired) electrons. The van der Waals surface area contributed by atoms with Gasteiger partial charge in [-0.25, -0.2) is 0 Å². The van der Waals surface area contributed by atoms with E-state index in [0.717, 1.165) is 96.3 Å². The molecule has 9 N–H and O–H groups in total. The van der Waals surface area contributed by atoms with E-state index in [2.05, 4.69) is 104 Å². The molecule has 2 heterocycles. The van der Waals surface area contributed by atoms with Crippen LogP contribution in [0.3, 0.4) is 0 Å². The smallest absolute Gasteiger partial charge is 0.220 e. The first-order valence-electron chi connectivity index (χ1n) is 44.3. The lowest BCUT2D eigenvalue weighted by atomic mass is 9.97. The summed E-state index contributed by atoms with van der Waals surface area (Å²) < 4.78 is 23.0. The standard InChI is InChI=1S/C91H165NO13/c1-3-5-7-9-11-13-15-17-19-21-23-25-27-29-31-33-35-37-38-39-40-41-42-43-45-47-49-51-53-55-57-59-61-63-65-67-69-71-73-75-83(96)92-79(78-102-90-88(101)86(99)89(82(77-94)104-90)105-91-87(100)85(98)84(97)81(76-93)103-91)80(95)74-72-70-68-66-64-62-60-58-56-54-52-50-48-46-44-36-34-32-30-28-26-24-22-20-18-16-14-12-10-8-6-4-2/h5,7,11,13,17,19,23,25,29,31,35,37,39-40,79-82,84-91,93-95,97-101H,3-4,6,8-10,12,14-16,18,20-22,24,26-28,30,32-34,36,38,41-78H2,1-2H3,(H,92,96)/b7-5-,13-11-,19-17-,25-23-,31-29-,37-35-,40-39-. The van der Waals surface area contributed by atoms with Crippen LogP contribution in [-0.2, 0) is 23.7 Å². The van der Waals surface area contributed by atoms with Gasteiger partial charge in [0.1, 0.15) is 48.8 Å². The van der Waals surface area contributed by atoms with Crippen molar-refractivity contribution in [3.05, 3.63) is 85.1 Å². The van der Waals surface area contributed by atoms with Gasteiger partial charge in [0.15, 0.2) is 12.6 Å². The number of unbranched alkanes of at least 4 members (excludes halogenated alkanes) is 48. The summed E-state index contributed by atoms with van der Waals surface area (Å²) in [7, 11) is 0. The highest BCUT2D eigenvalue weighted by molar-refractivity contribution is 5.76. The maximum Gasteiger partial charge on any atom is 0.220 e. The fourth-order valence-electron chi connectivity index (χ4n) is 14.5. The van der Waals surface area contributed by atoms with Gasteiger partial charge in [-0.05, 0) is 70.6 Å². The molecule has 0 saturated carbocycles. The molecule has 2 saturated heterocycles. The molecule has 2 rings (SSSR count). The number of ether oxygens (including phenoxy) is 4. The summed E-state index contributed by atoms with van der Waals surface area (Å²) in [5.74, 6) is -0.201. The normalized spacial score (nSPS) is 21.8. The third kappa shape index (κ3) is 56.1. The number of allylic oxidation sites excluding steroid dienone is 14. The minimum absolute atomic E-state index is 0.201. The first kappa shape index (κ1) is 98.2. The molecule has 105 heavy (non-hydrogen) atoms. The van der Waals surface area contributed by atoms with Crippen LogP contribution in [0.4, 0.5) is 0 Å². The Morgan fingerprint density at radius 3 is 1.01 bits per heavy atom. The largest absolute Gasteiger partial charge is 0.394 e. The van der Waals surface area contributed by atoms with E-state index in [1.807, 2.05) is 0 Å². The second-order valence-corrected chi connectivity index (χ2v) is 31.0. The lowest BCUT2D eigenvalue weighted by Crippen LogP contribution is -2.65. The van der Waals surface area contributed by atoms with E-state index in [1.165, 1.54) is 270 Å². The number of rotatable bonds is 75. The number of aliphatic hydroxyl groups is 8. The molecule has 2 fully saturated rings. The van der Waals surface area contributed by atoms with Gasteiger partial charge in [-0.15, -0.1) is 0 Å². The van der Waals surface area contributed by atoms with Crippen LogP contribution in [0, 0.1) is 0 Å². The molecule has 1 amide bonds. The quantitative estimate of drug-likeness (QED) is 0.0204. The summed E-state index contributed by atoms with van der Waals surface area (Å²) in [6.07, 6.45) is 87.9. The Balaban J connectivity index is 1.56. The lowest BCUT2D eigenvalue weighted by Gasteiger charge is -2.46. The Labute approximate surface area is 643 Å². The maximum atomic E-state index is 13.4. The van der Waals surface area contributed by atoms with Crippen molar-refractivity contribution in [1.29, 1.82) is 0 Å². The first-order chi connectivity index (χ1) is 51.6. The van der Waals surface area contributed by atoms with Crippen molar-refractivity contribution in [3.8, 4) is 0 Å². The fraction of sp³-hybridized carbons (Fsp3) is 0.835. The number of amides is 1. The highest BCUT2D eigenvalue weighted by Crippen LogP contribution is 2.31. The zero-order valence-corrected chi connectivity index (χ0v) is 67.5. The second-order valence-electron chi connectivity index (χ2n) is 31.0. The van der Waals surface area contributed by atoms with Gasteiger partial charge in [-0.1, -0.05) is 401 Å². The van der Waals surface area contributed by atoms with Crippen LogP contribution in [0.5, 0.6) is 0 Å². The van der Waals surface area contributed by atoms with Crippen molar-refractivity contribution in [2.45, 2.75) is 466 Å². The zero-order valence-electron chi connectivity index (χ0n) is 67.5. The average molecular weight is 1480 g/mol. The Morgan fingerprint density at radius 1 is 0.352 bits per heavy atom. The van der Waals surface area contributed by atoms with E-state index < -0.39 is 86.8 Å². The third-order valence-electron chi connectivity index (χ3n) is 21.4. The van der Waals surface area contributed by atoms with Gasteiger partial charge in [0.25, 0.3) is 0 Å². The summed E-state index contributed by atoms with van der Waals surface area (Å²) in [5, 5.41) is 88.1. The molecule has 0 bridgehead atoms. The Morgan fingerprint density at radius 2 is 0.657 bits per heavy atom. The predicted molar refractivity (Wildman–Crippen MR) is 438 cm³/mol. The van der Waals surface area contributed by atoms with Crippen LogP contribution in [0.2, 0.25) is 0 Å². The van der Waals surface area contributed by atoms with Crippen LogP contribution < -0.4 is 5.32 Å². The Bertz CT molecular complexity index is 2090. The van der Waals surface area contributed by atoms with Crippen molar-refractivity contribution in [2.75, 3.05) is 19.8 Å². The van der Waals surface area contributed by atoms with Crippen molar-refractivity contribution in [2.24, 2.45) is 0 Å². The molecule has 12 unspecified atom stereocenters. The first-order valence-corrected chi connectivity index (χ1v) is 44.3.